The fourth-order valence-corrected chi connectivity index (χ4v) is 1.14. The summed E-state index contributed by atoms with van der Waals surface area (Å²) in [5.74, 6) is -4.87. The van der Waals surface area contributed by atoms with Gasteiger partial charge in [0.1, 0.15) is 6.61 Å². The summed E-state index contributed by atoms with van der Waals surface area (Å²) in [4.78, 5) is 3.80. The lowest BCUT2D eigenvalue weighted by Crippen LogP contribution is -2.40. The highest BCUT2D eigenvalue weighted by molar-refractivity contribution is 5.18. The Balaban J connectivity index is 2.57. The molecule has 0 aliphatic heterocycles. The second kappa shape index (κ2) is 5.57. The van der Waals surface area contributed by atoms with Crippen LogP contribution in [-0.4, -0.2) is 23.7 Å². The van der Waals surface area contributed by atoms with Crippen molar-refractivity contribution in [2.45, 2.75) is 25.3 Å². The molecule has 102 valence electrons. The lowest BCUT2D eigenvalue weighted by molar-refractivity contribution is -0.297. The van der Waals surface area contributed by atoms with E-state index in [-0.39, 0.29) is 12.2 Å². The molecule has 18 heavy (non-hydrogen) atoms. The van der Waals surface area contributed by atoms with Gasteiger partial charge in [-0.05, 0) is 11.6 Å². The summed E-state index contributed by atoms with van der Waals surface area (Å²) in [6, 6.07) is 3.17. The third-order valence-corrected chi connectivity index (χ3v) is 2.14. The lowest BCUT2D eigenvalue weighted by atomic mass is 10.2. The first kappa shape index (κ1) is 14.8. The molecule has 0 aliphatic rings. The van der Waals surface area contributed by atoms with Crippen LogP contribution in [0.2, 0.25) is 0 Å². The number of nitrogens with zero attached hydrogens (tertiary/aromatic N) is 1. The Morgan fingerprint density at radius 1 is 1.22 bits per heavy atom. The zero-order valence-electron chi connectivity index (χ0n) is 9.18. The number of halogens is 5. The van der Waals surface area contributed by atoms with Crippen LogP contribution < -0.4 is 5.73 Å². The number of nitrogens with two attached hydrogens (primary N) is 1. The quantitative estimate of drug-likeness (QED) is 0.835. The van der Waals surface area contributed by atoms with Gasteiger partial charge in [-0.3, -0.25) is 4.98 Å². The lowest BCUT2D eigenvalue weighted by Gasteiger charge is -2.19. The highest BCUT2D eigenvalue weighted by Crippen LogP contribution is 2.35. The minimum absolute atomic E-state index is 0.0994. The predicted molar refractivity (Wildman–Crippen MR) is 52.8 cm³/mol. The van der Waals surface area contributed by atoms with Crippen LogP contribution in [0, 0.1) is 0 Å². The van der Waals surface area contributed by atoms with Crippen molar-refractivity contribution < 1.29 is 26.7 Å². The van der Waals surface area contributed by atoms with E-state index in [0.29, 0.717) is 5.56 Å². The van der Waals surface area contributed by atoms with E-state index in [9.17, 15) is 22.0 Å². The minimum atomic E-state index is -5.62. The summed E-state index contributed by atoms with van der Waals surface area (Å²) in [6.07, 6.45) is -4.24. The molecule has 0 atom stereocenters. The molecule has 0 bridgehead atoms. The van der Waals surface area contributed by atoms with Gasteiger partial charge in [-0.2, -0.15) is 22.0 Å². The summed E-state index contributed by atoms with van der Waals surface area (Å²) in [5, 5.41) is 0. The largest absolute Gasteiger partial charge is 0.455 e. The average molecular weight is 270 g/mol. The van der Waals surface area contributed by atoms with E-state index in [1.54, 1.807) is 12.1 Å². The molecule has 0 fully saturated rings. The zero-order chi connectivity index (χ0) is 13.8. The first-order valence-electron chi connectivity index (χ1n) is 4.93. The molecular weight excluding hydrogens is 259 g/mol. The molecule has 1 aromatic rings. The number of hydrogen-bond acceptors (Lipinski definition) is 3. The van der Waals surface area contributed by atoms with Gasteiger partial charge in [0, 0.05) is 12.7 Å². The van der Waals surface area contributed by atoms with Crippen LogP contribution in [0.5, 0.6) is 0 Å². The zero-order valence-corrected chi connectivity index (χ0v) is 9.18. The third kappa shape index (κ3) is 3.61. The van der Waals surface area contributed by atoms with Gasteiger partial charge in [0.2, 0.25) is 0 Å². The van der Waals surface area contributed by atoms with E-state index in [2.05, 4.69) is 9.72 Å². The molecule has 0 spiro atoms. The van der Waals surface area contributed by atoms with Crippen LogP contribution >= 0.6 is 0 Å². The Labute approximate surface area is 99.8 Å². The molecule has 0 radical (unpaired) electrons. The normalized spacial score (nSPS) is 12.8. The fourth-order valence-electron chi connectivity index (χ4n) is 1.14. The molecule has 1 rings (SSSR count). The summed E-state index contributed by atoms with van der Waals surface area (Å²) in [6.45, 7) is -2.08. The molecule has 2 N–H and O–H groups in total. The van der Waals surface area contributed by atoms with Crippen molar-refractivity contribution in [3.8, 4) is 0 Å². The van der Waals surface area contributed by atoms with Gasteiger partial charge >= 0.3 is 12.1 Å². The second-order valence-corrected chi connectivity index (χ2v) is 3.51. The van der Waals surface area contributed by atoms with Crippen molar-refractivity contribution >= 4 is 0 Å². The van der Waals surface area contributed by atoms with Crippen molar-refractivity contribution in [2.75, 3.05) is 6.61 Å². The Morgan fingerprint density at radius 2 is 1.89 bits per heavy atom. The van der Waals surface area contributed by atoms with Crippen LogP contribution in [0.4, 0.5) is 22.0 Å². The van der Waals surface area contributed by atoms with E-state index in [1.807, 2.05) is 0 Å². The van der Waals surface area contributed by atoms with E-state index < -0.39 is 25.3 Å². The van der Waals surface area contributed by atoms with Gasteiger partial charge in [0.25, 0.3) is 0 Å². The number of alkyl halides is 5. The molecule has 1 heterocycles. The molecule has 1 aromatic heterocycles. The van der Waals surface area contributed by atoms with Crippen LogP contribution in [0.15, 0.2) is 18.3 Å². The number of pyridine rings is 1. The minimum Gasteiger partial charge on any atom is -0.369 e. The molecule has 0 aliphatic carbocycles. The maximum absolute atomic E-state index is 12.5. The van der Waals surface area contributed by atoms with Crippen LogP contribution in [0.25, 0.3) is 0 Å². The highest BCUT2D eigenvalue weighted by Gasteiger charge is 2.57. The standard InChI is InChI=1S/C10H11F5N2O/c11-9(12,10(13,14)15)6-18-5-8-7(4-16)2-1-3-17-8/h1-3H,4-6,16H2. The summed E-state index contributed by atoms with van der Waals surface area (Å²) < 4.78 is 64.9. The Bertz CT molecular complexity index is 394. The Hall–Kier alpha value is -1.28. The molecular formula is C10H11F5N2O. The highest BCUT2D eigenvalue weighted by atomic mass is 19.4. The van der Waals surface area contributed by atoms with Gasteiger partial charge < -0.3 is 10.5 Å². The first-order chi connectivity index (χ1) is 8.28. The SMILES string of the molecule is NCc1cccnc1COCC(F)(F)C(F)(F)F. The number of hydrogen-bond donors (Lipinski definition) is 1. The van der Waals surface area contributed by atoms with Gasteiger partial charge in [-0.25, -0.2) is 0 Å². The maximum Gasteiger partial charge on any atom is 0.455 e. The smallest absolute Gasteiger partial charge is 0.369 e. The van der Waals surface area contributed by atoms with E-state index in [4.69, 9.17) is 5.73 Å². The molecule has 0 saturated heterocycles. The Kier molecular flexibility index (Phi) is 4.58. The van der Waals surface area contributed by atoms with Gasteiger partial charge in [-0.15, -0.1) is 0 Å². The summed E-state index contributed by atoms with van der Waals surface area (Å²) in [5.41, 5.74) is 6.14. The summed E-state index contributed by atoms with van der Waals surface area (Å²) in [7, 11) is 0. The van der Waals surface area contributed by atoms with Gasteiger partial charge in [0.15, 0.2) is 0 Å². The number of aromatic nitrogens is 1. The average Bonchev–Trinajstić information content (AvgIpc) is 2.28. The molecule has 8 heteroatoms. The van der Waals surface area contributed by atoms with Crippen LogP contribution in [0.1, 0.15) is 11.3 Å². The molecule has 0 amide bonds. The van der Waals surface area contributed by atoms with E-state index in [1.165, 1.54) is 6.20 Å². The van der Waals surface area contributed by atoms with Gasteiger partial charge in [0.05, 0.1) is 12.3 Å². The fraction of sp³-hybridized carbons (Fsp3) is 0.500. The van der Waals surface area contributed by atoms with Crippen LogP contribution in [0.3, 0.4) is 0 Å². The Morgan fingerprint density at radius 3 is 2.44 bits per heavy atom. The molecule has 0 unspecified atom stereocenters. The number of rotatable bonds is 5. The van der Waals surface area contributed by atoms with Crippen molar-refractivity contribution in [1.29, 1.82) is 0 Å². The third-order valence-electron chi connectivity index (χ3n) is 2.14. The maximum atomic E-state index is 12.5. The van der Waals surface area contributed by atoms with Crippen molar-refractivity contribution in [3.05, 3.63) is 29.6 Å². The van der Waals surface area contributed by atoms with Crippen molar-refractivity contribution in [3.63, 3.8) is 0 Å². The first-order valence-corrected chi connectivity index (χ1v) is 4.93. The van der Waals surface area contributed by atoms with Crippen molar-refractivity contribution in [2.24, 2.45) is 5.73 Å². The topological polar surface area (TPSA) is 48.1 Å². The molecule has 3 nitrogen and oxygen atoms in total. The van der Waals surface area contributed by atoms with Crippen LogP contribution in [-0.2, 0) is 17.9 Å². The molecule has 0 saturated carbocycles. The summed E-state index contributed by atoms with van der Waals surface area (Å²) >= 11 is 0. The second-order valence-electron chi connectivity index (χ2n) is 3.51. The number of ether oxygens (including phenoxy) is 1. The molecule has 0 aromatic carbocycles. The van der Waals surface area contributed by atoms with Gasteiger partial charge in [-0.1, -0.05) is 6.07 Å². The van der Waals surface area contributed by atoms with E-state index >= 15 is 0 Å². The monoisotopic (exact) mass is 270 g/mol. The van der Waals surface area contributed by atoms with Crippen molar-refractivity contribution in [1.82, 2.24) is 4.98 Å². The predicted octanol–water partition coefficient (Wildman–Crippen LogP) is 2.25. The van der Waals surface area contributed by atoms with E-state index in [0.717, 1.165) is 0 Å².